The number of benzene rings is 2. The van der Waals surface area contributed by atoms with Crippen LogP contribution in [0.4, 0.5) is 0 Å². The zero-order valence-corrected chi connectivity index (χ0v) is 15.8. The van der Waals surface area contributed by atoms with Crippen molar-refractivity contribution < 1.29 is 19.5 Å². The molecule has 2 atom stereocenters. The van der Waals surface area contributed by atoms with E-state index >= 15 is 0 Å². The zero-order chi connectivity index (χ0) is 18.4. The third kappa shape index (κ3) is 5.07. The molecule has 1 aliphatic rings. The van der Waals surface area contributed by atoms with Crippen LogP contribution in [0.15, 0.2) is 42.5 Å². The lowest BCUT2D eigenvalue weighted by Gasteiger charge is -2.27. The molecule has 26 heavy (non-hydrogen) atoms. The lowest BCUT2D eigenvalue weighted by atomic mass is 10.00. The number of aliphatic hydroxyl groups is 1. The van der Waals surface area contributed by atoms with Crippen molar-refractivity contribution in [2.24, 2.45) is 0 Å². The summed E-state index contributed by atoms with van der Waals surface area (Å²) in [5, 5.41) is 10.3. The van der Waals surface area contributed by atoms with E-state index < -0.39 is 6.10 Å². The summed E-state index contributed by atoms with van der Waals surface area (Å²) in [5.41, 5.74) is 5.13. The van der Waals surface area contributed by atoms with E-state index in [4.69, 9.17) is 9.47 Å². The van der Waals surface area contributed by atoms with Crippen LogP contribution in [0, 0.1) is 13.8 Å². The quantitative estimate of drug-likeness (QED) is 0.708. The van der Waals surface area contributed by atoms with Crippen LogP contribution in [-0.2, 0) is 17.7 Å². The highest BCUT2D eigenvalue weighted by Crippen LogP contribution is 2.22. The van der Waals surface area contributed by atoms with Crippen molar-refractivity contribution in [3.05, 3.63) is 64.7 Å². The minimum atomic E-state index is -0.435. The van der Waals surface area contributed by atoms with Crippen molar-refractivity contribution in [3.63, 3.8) is 0 Å². The molecule has 0 fully saturated rings. The first-order valence-electron chi connectivity index (χ1n) is 9.48. The number of nitrogens with one attached hydrogen (secondary N) is 1. The lowest BCUT2D eigenvalue weighted by molar-refractivity contribution is -0.919. The molecule has 0 aromatic heterocycles. The second-order valence-electron chi connectivity index (χ2n) is 7.20. The Kier molecular flexibility index (Phi) is 6.67. The molecule has 0 saturated carbocycles. The molecular formula is C22H30NO3+. The lowest BCUT2D eigenvalue weighted by Crippen LogP contribution is -3.12. The predicted molar refractivity (Wildman–Crippen MR) is 103 cm³/mol. The van der Waals surface area contributed by atoms with Gasteiger partial charge in [0.2, 0.25) is 0 Å². The second kappa shape index (κ2) is 9.17. The molecule has 0 spiro atoms. The Labute approximate surface area is 156 Å². The van der Waals surface area contributed by atoms with Gasteiger partial charge in [-0.3, -0.25) is 0 Å². The largest absolute Gasteiger partial charge is 0.491 e. The Balaban J connectivity index is 1.34. The van der Waals surface area contributed by atoms with E-state index in [0.717, 1.165) is 42.9 Å². The number of aryl methyl sites for hydroxylation is 2. The number of hydrogen-bond acceptors (Lipinski definition) is 3. The van der Waals surface area contributed by atoms with E-state index in [-0.39, 0.29) is 0 Å². The van der Waals surface area contributed by atoms with Crippen LogP contribution >= 0.6 is 0 Å². The summed E-state index contributed by atoms with van der Waals surface area (Å²) in [4.78, 5) is 1.42. The highest BCUT2D eigenvalue weighted by Gasteiger charge is 2.21. The molecule has 1 aliphatic heterocycles. The molecule has 4 nitrogen and oxygen atoms in total. The van der Waals surface area contributed by atoms with Crippen LogP contribution in [0.3, 0.4) is 0 Å². The number of aliphatic hydroxyl groups excluding tert-OH is 1. The van der Waals surface area contributed by atoms with Gasteiger partial charge in [0.25, 0.3) is 0 Å². The summed E-state index contributed by atoms with van der Waals surface area (Å²) in [5.74, 6) is 0.938. The number of fused-ring (bicyclic) bond motifs is 1. The fraction of sp³-hybridized carbons (Fsp3) is 0.455. The number of hydrogen-bond donors (Lipinski definition) is 2. The Morgan fingerprint density at radius 3 is 2.50 bits per heavy atom. The van der Waals surface area contributed by atoms with E-state index in [2.05, 4.69) is 24.3 Å². The standard InChI is InChI=1S/C22H29NO3/c1-17-6-5-7-18(2)22(17)26-13-12-25-16-21(24)15-23-11-10-19-8-3-4-9-20(19)14-23/h3-9,21,24H,10-16H2,1-2H3/p+1/t21-/m1/s1. The number of rotatable bonds is 8. The van der Waals surface area contributed by atoms with Crippen LogP contribution in [0.1, 0.15) is 22.3 Å². The second-order valence-corrected chi connectivity index (χ2v) is 7.20. The molecule has 1 unspecified atom stereocenters. The third-order valence-corrected chi connectivity index (χ3v) is 5.02. The Morgan fingerprint density at radius 1 is 1.00 bits per heavy atom. The van der Waals surface area contributed by atoms with Gasteiger partial charge in [0, 0.05) is 12.0 Å². The molecule has 2 aromatic carbocycles. The van der Waals surface area contributed by atoms with E-state index in [1.807, 2.05) is 32.0 Å². The number of para-hydroxylation sites is 1. The smallest absolute Gasteiger partial charge is 0.126 e. The first-order valence-corrected chi connectivity index (χ1v) is 9.48. The molecule has 0 radical (unpaired) electrons. The monoisotopic (exact) mass is 356 g/mol. The zero-order valence-electron chi connectivity index (χ0n) is 15.8. The summed E-state index contributed by atoms with van der Waals surface area (Å²) in [6.45, 7) is 8.24. The number of ether oxygens (including phenoxy) is 2. The SMILES string of the molecule is Cc1cccc(C)c1OCCOC[C@H](O)C[NH+]1CCc2ccccc2C1. The van der Waals surface area contributed by atoms with Crippen LogP contribution in [0.2, 0.25) is 0 Å². The molecule has 0 saturated heterocycles. The van der Waals surface area contributed by atoms with Crippen molar-refractivity contribution in [2.45, 2.75) is 32.9 Å². The molecule has 4 heteroatoms. The minimum absolute atomic E-state index is 0.362. The van der Waals surface area contributed by atoms with E-state index in [0.29, 0.717) is 19.8 Å². The van der Waals surface area contributed by atoms with Gasteiger partial charge in [-0.2, -0.15) is 0 Å². The van der Waals surface area contributed by atoms with E-state index in [1.165, 1.54) is 16.0 Å². The van der Waals surface area contributed by atoms with Gasteiger partial charge in [-0.25, -0.2) is 0 Å². The van der Waals surface area contributed by atoms with Crippen LogP contribution in [0.25, 0.3) is 0 Å². The van der Waals surface area contributed by atoms with Crippen molar-refractivity contribution in [3.8, 4) is 5.75 Å². The molecule has 0 bridgehead atoms. The van der Waals surface area contributed by atoms with Gasteiger partial charge >= 0.3 is 0 Å². The van der Waals surface area contributed by atoms with Gasteiger partial charge in [0.1, 0.15) is 31.5 Å². The van der Waals surface area contributed by atoms with E-state index in [1.54, 1.807) is 0 Å². The first kappa shape index (κ1) is 18.9. The maximum Gasteiger partial charge on any atom is 0.126 e. The summed E-state index contributed by atoms with van der Waals surface area (Å²) in [6.07, 6.45) is 0.651. The molecular weight excluding hydrogens is 326 g/mol. The Bertz CT molecular complexity index is 696. The molecule has 2 N–H and O–H groups in total. The fourth-order valence-electron chi connectivity index (χ4n) is 3.66. The van der Waals surface area contributed by atoms with Gasteiger partial charge in [-0.15, -0.1) is 0 Å². The van der Waals surface area contributed by atoms with Crippen molar-refractivity contribution in [2.75, 3.05) is 32.9 Å². The third-order valence-electron chi connectivity index (χ3n) is 5.02. The minimum Gasteiger partial charge on any atom is -0.491 e. The summed E-state index contributed by atoms with van der Waals surface area (Å²) in [6, 6.07) is 14.7. The highest BCUT2D eigenvalue weighted by molar-refractivity contribution is 5.39. The summed E-state index contributed by atoms with van der Waals surface area (Å²) >= 11 is 0. The molecule has 0 amide bonds. The molecule has 0 aliphatic carbocycles. The highest BCUT2D eigenvalue weighted by atomic mass is 16.5. The normalized spacial score (nSPS) is 17.6. The molecule has 3 rings (SSSR count). The fourth-order valence-corrected chi connectivity index (χ4v) is 3.66. The van der Waals surface area contributed by atoms with E-state index in [9.17, 15) is 5.11 Å². The average Bonchev–Trinajstić information content (AvgIpc) is 2.63. The van der Waals surface area contributed by atoms with Crippen molar-refractivity contribution in [1.82, 2.24) is 0 Å². The maximum atomic E-state index is 10.3. The Morgan fingerprint density at radius 2 is 1.73 bits per heavy atom. The van der Waals surface area contributed by atoms with Crippen LogP contribution < -0.4 is 9.64 Å². The summed E-state index contributed by atoms with van der Waals surface area (Å²) < 4.78 is 11.4. The van der Waals surface area contributed by atoms with Gasteiger partial charge in [-0.1, -0.05) is 42.5 Å². The van der Waals surface area contributed by atoms with Crippen LogP contribution in [0.5, 0.6) is 5.75 Å². The molecule has 2 aromatic rings. The van der Waals surface area contributed by atoms with Crippen molar-refractivity contribution >= 4 is 0 Å². The van der Waals surface area contributed by atoms with Gasteiger partial charge in [0.05, 0.1) is 19.8 Å². The van der Waals surface area contributed by atoms with Crippen molar-refractivity contribution in [1.29, 1.82) is 0 Å². The average molecular weight is 356 g/mol. The van der Waals surface area contributed by atoms with Crippen LogP contribution in [-0.4, -0.2) is 44.1 Å². The van der Waals surface area contributed by atoms with Gasteiger partial charge in [0.15, 0.2) is 0 Å². The predicted octanol–water partition coefficient (Wildman–Crippen LogP) is 1.70. The summed E-state index contributed by atoms with van der Waals surface area (Å²) in [7, 11) is 0. The topological polar surface area (TPSA) is 43.1 Å². The molecule has 140 valence electrons. The van der Waals surface area contributed by atoms with Gasteiger partial charge < -0.3 is 19.5 Å². The molecule has 1 heterocycles. The first-order chi connectivity index (χ1) is 12.6. The number of quaternary nitrogens is 1. The Hall–Kier alpha value is -1.88. The maximum absolute atomic E-state index is 10.3. The van der Waals surface area contributed by atoms with Gasteiger partial charge in [-0.05, 0) is 30.5 Å².